The van der Waals surface area contributed by atoms with Crippen LogP contribution in [-0.2, 0) is 6.54 Å². The van der Waals surface area contributed by atoms with E-state index < -0.39 is 0 Å². The molecule has 0 aliphatic carbocycles. The fourth-order valence-electron chi connectivity index (χ4n) is 3.59. The Morgan fingerprint density at radius 3 is 2.62 bits per heavy atom. The van der Waals surface area contributed by atoms with Crippen LogP contribution in [0.25, 0.3) is 0 Å². The average Bonchev–Trinajstić information content (AvgIpc) is 3.32. The Labute approximate surface area is 157 Å². The number of benzene rings is 1. The van der Waals surface area contributed by atoms with Crippen molar-refractivity contribution in [2.24, 2.45) is 0 Å². The standard InChI is InChI=1S/C18H21ClN6O/c1-23-8-10-24(11-9-23)17(14-4-6-15(19)7-5-14)18-20-21-22-25(18)13-16-3-2-12-26-16/h2-7,12,17H,8-11,13H2,1H3/p+2/t17-/m1/s1. The third-order valence-electron chi connectivity index (χ3n) is 5.06. The first-order valence-electron chi connectivity index (χ1n) is 8.90. The number of hydrogen-bond donors (Lipinski definition) is 2. The fourth-order valence-corrected chi connectivity index (χ4v) is 3.72. The topological polar surface area (TPSA) is 65.6 Å². The van der Waals surface area contributed by atoms with E-state index in [9.17, 15) is 0 Å². The molecule has 1 saturated heterocycles. The predicted octanol–water partition coefficient (Wildman–Crippen LogP) is -0.530. The second-order valence-electron chi connectivity index (χ2n) is 6.87. The summed E-state index contributed by atoms with van der Waals surface area (Å²) in [6.45, 7) is 4.95. The van der Waals surface area contributed by atoms with Gasteiger partial charge in [0.25, 0.3) is 0 Å². The van der Waals surface area contributed by atoms with Crippen molar-refractivity contribution in [3.8, 4) is 0 Å². The zero-order valence-electron chi connectivity index (χ0n) is 14.7. The van der Waals surface area contributed by atoms with Gasteiger partial charge >= 0.3 is 0 Å². The Balaban J connectivity index is 1.69. The van der Waals surface area contributed by atoms with Crippen molar-refractivity contribution in [1.82, 2.24) is 20.2 Å². The fraction of sp³-hybridized carbons (Fsp3) is 0.389. The van der Waals surface area contributed by atoms with E-state index in [-0.39, 0.29) is 6.04 Å². The molecule has 0 saturated carbocycles. The van der Waals surface area contributed by atoms with E-state index >= 15 is 0 Å². The van der Waals surface area contributed by atoms with Gasteiger partial charge in [-0.3, -0.25) is 0 Å². The number of nitrogens with one attached hydrogen (secondary N) is 2. The molecular formula is C18H23ClN6O+2. The number of hydrogen-bond acceptors (Lipinski definition) is 4. The van der Waals surface area contributed by atoms with Gasteiger partial charge in [-0.15, -0.1) is 5.10 Å². The Morgan fingerprint density at radius 2 is 1.92 bits per heavy atom. The summed E-state index contributed by atoms with van der Waals surface area (Å²) in [6.07, 6.45) is 1.67. The molecule has 1 atom stereocenters. The Hall–Kier alpha value is -2.22. The molecule has 3 aromatic rings. The molecule has 3 heterocycles. The van der Waals surface area contributed by atoms with Crippen LogP contribution in [0.15, 0.2) is 47.1 Å². The summed E-state index contributed by atoms with van der Waals surface area (Å²) >= 11 is 6.10. The van der Waals surface area contributed by atoms with Gasteiger partial charge in [-0.1, -0.05) is 23.7 Å². The molecule has 0 radical (unpaired) electrons. The number of halogens is 1. The summed E-state index contributed by atoms with van der Waals surface area (Å²) in [7, 11) is 2.25. The molecule has 0 unspecified atom stereocenters. The first-order chi connectivity index (χ1) is 12.7. The zero-order chi connectivity index (χ0) is 17.9. The smallest absolute Gasteiger partial charge is 0.214 e. The van der Waals surface area contributed by atoms with Gasteiger partial charge in [-0.05, 0) is 34.7 Å². The summed E-state index contributed by atoms with van der Waals surface area (Å²) in [5.41, 5.74) is 1.18. The summed E-state index contributed by atoms with van der Waals surface area (Å²) in [6, 6.07) is 11.9. The van der Waals surface area contributed by atoms with Crippen LogP contribution in [0.2, 0.25) is 5.02 Å². The Kier molecular flexibility index (Phi) is 5.01. The van der Waals surface area contributed by atoms with Crippen LogP contribution < -0.4 is 9.80 Å². The number of likely N-dealkylation sites (N-methyl/N-ethyl adjacent to an activating group) is 1. The molecule has 0 amide bonds. The van der Waals surface area contributed by atoms with Gasteiger partial charge < -0.3 is 14.2 Å². The Bertz CT molecular complexity index is 824. The second kappa shape index (κ2) is 7.57. The van der Waals surface area contributed by atoms with E-state index in [0.29, 0.717) is 6.54 Å². The van der Waals surface area contributed by atoms with Gasteiger partial charge in [-0.2, -0.15) is 0 Å². The number of piperazine rings is 1. The minimum atomic E-state index is 0.0744. The van der Waals surface area contributed by atoms with Crippen molar-refractivity contribution >= 4 is 11.6 Å². The quantitative estimate of drug-likeness (QED) is 0.630. The number of quaternary nitrogens is 2. The minimum Gasteiger partial charge on any atom is -0.467 e. The molecule has 1 fully saturated rings. The van der Waals surface area contributed by atoms with E-state index in [1.807, 2.05) is 28.9 Å². The van der Waals surface area contributed by atoms with Gasteiger partial charge in [0.1, 0.15) is 38.5 Å². The van der Waals surface area contributed by atoms with Crippen molar-refractivity contribution in [1.29, 1.82) is 0 Å². The lowest BCUT2D eigenvalue weighted by Crippen LogP contribution is -3.27. The highest BCUT2D eigenvalue weighted by molar-refractivity contribution is 6.30. The number of furan rings is 1. The highest BCUT2D eigenvalue weighted by atomic mass is 35.5. The van der Waals surface area contributed by atoms with Crippen LogP contribution in [0.4, 0.5) is 0 Å². The van der Waals surface area contributed by atoms with Crippen LogP contribution in [-0.4, -0.2) is 53.4 Å². The molecule has 4 rings (SSSR count). The minimum absolute atomic E-state index is 0.0744. The molecule has 1 aliphatic rings. The second-order valence-corrected chi connectivity index (χ2v) is 7.31. The zero-order valence-corrected chi connectivity index (χ0v) is 15.5. The van der Waals surface area contributed by atoms with Gasteiger partial charge in [-0.25, -0.2) is 4.68 Å². The van der Waals surface area contributed by atoms with Crippen molar-refractivity contribution in [3.05, 3.63) is 64.8 Å². The summed E-state index contributed by atoms with van der Waals surface area (Å²) < 4.78 is 7.32. The van der Waals surface area contributed by atoms with E-state index in [0.717, 1.165) is 42.8 Å². The molecule has 7 nitrogen and oxygen atoms in total. The van der Waals surface area contributed by atoms with Gasteiger partial charge in [0, 0.05) is 10.6 Å². The molecule has 26 heavy (non-hydrogen) atoms. The lowest BCUT2D eigenvalue weighted by molar-refractivity contribution is -1.02. The highest BCUT2D eigenvalue weighted by Gasteiger charge is 2.34. The summed E-state index contributed by atoms with van der Waals surface area (Å²) in [4.78, 5) is 3.05. The van der Waals surface area contributed by atoms with Crippen LogP contribution >= 0.6 is 11.6 Å². The molecule has 2 aromatic heterocycles. The van der Waals surface area contributed by atoms with Crippen molar-refractivity contribution in [2.45, 2.75) is 12.6 Å². The number of tetrazole rings is 1. The third kappa shape index (κ3) is 3.65. The maximum absolute atomic E-state index is 6.10. The molecular weight excluding hydrogens is 352 g/mol. The molecule has 0 spiro atoms. The first-order valence-corrected chi connectivity index (χ1v) is 9.28. The van der Waals surface area contributed by atoms with E-state index in [4.69, 9.17) is 16.0 Å². The van der Waals surface area contributed by atoms with Crippen molar-refractivity contribution in [3.63, 3.8) is 0 Å². The van der Waals surface area contributed by atoms with Crippen LogP contribution in [0, 0.1) is 0 Å². The van der Waals surface area contributed by atoms with Gasteiger partial charge in [0.15, 0.2) is 6.04 Å². The number of rotatable bonds is 5. The third-order valence-corrected chi connectivity index (χ3v) is 5.31. The maximum atomic E-state index is 6.10. The molecule has 2 N–H and O–H groups in total. The monoisotopic (exact) mass is 374 g/mol. The number of aromatic nitrogens is 4. The van der Waals surface area contributed by atoms with E-state index in [1.165, 1.54) is 10.5 Å². The lowest BCUT2D eigenvalue weighted by Gasteiger charge is -2.32. The van der Waals surface area contributed by atoms with E-state index in [1.54, 1.807) is 11.2 Å². The van der Waals surface area contributed by atoms with E-state index in [2.05, 4.69) is 34.7 Å². The SMILES string of the molecule is C[NH+]1CC[NH+]([C@H](c2ccc(Cl)cc2)c2nnnn2Cc2ccco2)CC1. The van der Waals surface area contributed by atoms with Crippen LogP contribution in [0.3, 0.4) is 0 Å². The van der Waals surface area contributed by atoms with Crippen LogP contribution in [0.5, 0.6) is 0 Å². The molecule has 0 bridgehead atoms. The Morgan fingerprint density at radius 1 is 1.15 bits per heavy atom. The van der Waals surface area contributed by atoms with Crippen LogP contribution in [0.1, 0.15) is 23.2 Å². The maximum Gasteiger partial charge on any atom is 0.214 e. The van der Waals surface area contributed by atoms with Gasteiger partial charge in [0.05, 0.1) is 13.3 Å². The predicted molar refractivity (Wildman–Crippen MR) is 96.2 cm³/mol. The van der Waals surface area contributed by atoms with Crippen molar-refractivity contribution < 1.29 is 14.2 Å². The van der Waals surface area contributed by atoms with Gasteiger partial charge in [0.2, 0.25) is 5.82 Å². The highest BCUT2D eigenvalue weighted by Crippen LogP contribution is 2.20. The summed E-state index contributed by atoms with van der Waals surface area (Å²) in [5.74, 6) is 1.70. The number of nitrogens with zero attached hydrogens (tertiary/aromatic N) is 4. The average molecular weight is 375 g/mol. The van der Waals surface area contributed by atoms with Crippen molar-refractivity contribution in [2.75, 3.05) is 33.2 Å². The molecule has 136 valence electrons. The normalized spacial score (nSPS) is 21.6. The summed E-state index contributed by atoms with van der Waals surface area (Å²) in [5, 5.41) is 13.3. The first kappa shape index (κ1) is 17.2. The largest absolute Gasteiger partial charge is 0.467 e. The lowest BCUT2D eigenvalue weighted by atomic mass is 10.0. The molecule has 1 aliphatic heterocycles. The molecule has 1 aromatic carbocycles. The molecule has 8 heteroatoms.